The SMILES string of the molecule is COc1c(C)cc(NC(C)=O)c(I)c1C. The van der Waals surface area contributed by atoms with Gasteiger partial charge in [-0.1, -0.05) is 0 Å². The fraction of sp³-hybridized carbons (Fsp3) is 0.364. The van der Waals surface area contributed by atoms with Crippen LogP contribution in [0.4, 0.5) is 5.69 Å². The van der Waals surface area contributed by atoms with E-state index in [9.17, 15) is 4.79 Å². The molecule has 4 heteroatoms. The Hall–Kier alpha value is -0.780. The van der Waals surface area contributed by atoms with Crippen LogP contribution in [0.25, 0.3) is 0 Å². The van der Waals surface area contributed by atoms with E-state index in [2.05, 4.69) is 27.9 Å². The molecule has 1 aromatic rings. The Kier molecular flexibility index (Phi) is 3.96. The zero-order valence-electron chi connectivity index (χ0n) is 9.27. The number of nitrogens with one attached hydrogen (secondary N) is 1. The molecule has 0 aromatic heterocycles. The minimum absolute atomic E-state index is 0.0584. The van der Waals surface area contributed by atoms with E-state index < -0.39 is 0 Å². The lowest BCUT2D eigenvalue weighted by molar-refractivity contribution is -0.114. The second kappa shape index (κ2) is 4.83. The van der Waals surface area contributed by atoms with E-state index >= 15 is 0 Å². The Balaban J connectivity index is 3.27. The number of carbonyl (C=O) groups is 1. The third-order valence-electron chi connectivity index (χ3n) is 2.14. The molecule has 0 aliphatic carbocycles. The summed E-state index contributed by atoms with van der Waals surface area (Å²) in [6.45, 7) is 5.46. The van der Waals surface area contributed by atoms with Crippen molar-refractivity contribution in [2.75, 3.05) is 12.4 Å². The number of ether oxygens (including phenoxy) is 1. The summed E-state index contributed by atoms with van der Waals surface area (Å²) in [5, 5.41) is 2.80. The Morgan fingerprint density at radius 2 is 2.07 bits per heavy atom. The number of hydrogen-bond donors (Lipinski definition) is 1. The number of methoxy groups -OCH3 is 1. The molecule has 15 heavy (non-hydrogen) atoms. The van der Waals surface area contributed by atoms with Crippen LogP contribution in [0.2, 0.25) is 0 Å². The number of hydrogen-bond acceptors (Lipinski definition) is 2. The normalized spacial score (nSPS) is 9.93. The highest BCUT2D eigenvalue weighted by Gasteiger charge is 2.12. The molecular formula is C11H14INO2. The van der Waals surface area contributed by atoms with Crippen molar-refractivity contribution in [3.05, 3.63) is 20.8 Å². The molecule has 0 bridgehead atoms. The van der Waals surface area contributed by atoms with Gasteiger partial charge in [0.25, 0.3) is 0 Å². The summed E-state index contributed by atoms with van der Waals surface area (Å²) in [4.78, 5) is 11.0. The number of amides is 1. The Bertz CT molecular complexity index is 402. The van der Waals surface area contributed by atoms with Crippen molar-refractivity contribution >= 4 is 34.2 Å². The van der Waals surface area contributed by atoms with Crippen LogP contribution in [0, 0.1) is 17.4 Å². The minimum atomic E-state index is -0.0584. The maximum Gasteiger partial charge on any atom is 0.221 e. The highest BCUT2D eigenvalue weighted by Crippen LogP contribution is 2.32. The first kappa shape index (κ1) is 12.3. The lowest BCUT2D eigenvalue weighted by atomic mass is 10.1. The molecule has 0 unspecified atom stereocenters. The first-order valence-electron chi connectivity index (χ1n) is 4.58. The summed E-state index contributed by atoms with van der Waals surface area (Å²) in [7, 11) is 1.66. The Morgan fingerprint density at radius 3 is 2.53 bits per heavy atom. The molecule has 0 spiro atoms. The standard InChI is InChI=1S/C11H14INO2/c1-6-5-9(13-8(3)14)10(12)7(2)11(6)15-4/h5H,1-4H3,(H,13,14). The summed E-state index contributed by atoms with van der Waals surface area (Å²) in [5.74, 6) is 0.824. The third kappa shape index (κ3) is 2.62. The lowest BCUT2D eigenvalue weighted by Crippen LogP contribution is -2.09. The molecule has 3 nitrogen and oxygen atoms in total. The molecule has 82 valence electrons. The van der Waals surface area contributed by atoms with Crippen molar-refractivity contribution < 1.29 is 9.53 Å². The van der Waals surface area contributed by atoms with Gasteiger partial charge in [-0.3, -0.25) is 4.79 Å². The fourth-order valence-electron chi connectivity index (χ4n) is 1.54. The molecular weight excluding hydrogens is 305 g/mol. The van der Waals surface area contributed by atoms with E-state index in [1.54, 1.807) is 7.11 Å². The van der Waals surface area contributed by atoms with E-state index in [0.29, 0.717) is 0 Å². The van der Waals surface area contributed by atoms with Crippen LogP contribution in [-0.4, -0.2) is 13.0 Å². The zero-order valence-corrected chi connectivity index (χ0v) is 11.4. The van der Waals surface area contributed by atoms with Crippen molar-refractivity contribution in [1.82, 2.24) is 0 Å². The minimum Gasteiger partial charge on any atom is -0.496 e. The molecule has 0 aliphatic rings. The third-order valence-corrected chi connectivity index (χ3v) is 3.53. The maximum absolute atomic E-state index is 11.0. The molecule has 0 atom stereocenters. The number of carbonyl (C=O) groups excluding carboxylic acids is 1. The van der Waals surface area contributed by atoms with E-state index in [-0.39, 0.29) is 5.91 Å². The van der Waals surface area contributed by atoms with Crippen LogP contribution in [0.5, 0.6) is 5.75 Å². The van der Waals surface area contributed by atoms with E-state index in [4.69, 9.17) is 4.74 Å². The number of rotatable bonds is 2. The van der Waals surface area contributed by atoms with Gasteiger partial charge in [0.1, 0.15) is 5.75 Å². The average Bonchev–Trinajstić information content (AvgIpc) is 2.14. The molecule has 1 amide bonds. The van der Waals surface area contributed by atoms with Crippen LogP contribution < -0.4 is 10.1 Å². The highest BCUT2D eigenvalue weighted by atomic mass is 127. The van der Waals surface area contributed by atoms with Gasteiger partial charge < -0.3 is 10.1 Å². The molecule has 0 saturated heterocycles. The summed E-state index contributed by atoms with van der Waals surface area (Å²) < 4.78 is 6.32. The predicted octanol–water partition coefficient (Wildman–Crippen LogP) is 2.88. The summed E-state index contributed by atoms with van der Waals surface area (Å²) >= 11 is 2.21. The van der Waals surface area contributed by atoms with Crippen molar-refractivity contribution in [1.29, 1.82) is 0 Å². The average molecular weight is 319 g/mol. The van der Waals surface area contributed by atoms with E-state index in [0.717, 1.165) is 26.1 Å². The number of benzene rings is 1. The molecule has 0 fully saturated rings. The van der Waals surface area contributed by atoms with Crippen LogP contribution in [0.3, 0.4) is 0 Å². The highest BCUT2D eigenvalue weighted by molar-refractivity contribution is 14.1. The summed E-state index contributed by atoms with van der Waals surface area (Å²) in [5.41, 5.74) is 2.93. The van der Waals surface area contributed by atoms with Crippen LogP contribution in [-0.2, 0) is 4.79 Å². The first-order chi connectivity index (χ1) is 6.97. The summed E-state index contributed by atoms with van der Waals surface area (Å²) in [6.07, 6.45) is 0. The van der Waals surface area contributed by atoms with Crippen LogP contribution >= 0.6 is 22.6 Å². The van der Waals surface area contributed by atoms with Crippen molar-refractivity contribution in [2.24, 2.45) is 0 Å². The molecule has 0 saturated carbocycles. The van der Waals surface area contributed by atoms with E-state index in [1.165, 1.54) is 6.92 Å². The smallest absolute Gasteiger partial charge is 0.221 e. The van der Waals surface area contributed by atoms with Crippen LogP contribution in [0.1, 0.15) is 18.1 Å². The van der Waals surface area contributed by atoms with Gasteiger partial charge in [-0.05, 0) is 48.1 Å². The van der Waals surface area contributed by atoms with Crippen LogP contribution in [0.15, 0.2) is 6.07 Å². The molecule has 1 N–H and O–H groups in total. The zero-order chi connectivity index (χ0) is 11.6. The van der Waals surface area contributed by atoms with Crippen molar-refractivity contribution in [2.45, 2.75) is 20.8 Å². The Labute approximate surface area is 103 Å². The van der Waals surface area contributed by atoms with Gasteiger partial charge in [0, 0.05) is 16.1 Å². The fourth-order valence-corrected chi connectivity index (χ4v) is 2.07. The van der Waals surface area contributed by atoms with Gasteiger partial charge in [-0.2, -0.15) is 0 Å². The van der Waals surface area contributed by atoms with Gasteiger partial charge in [0.15, 0.2) is 0 Å². The molecule has 0 heterocycles. The predicted molar refractivity (Wildman–Crippen MR) is 69.5 cm³/mol. The number of anilines is 1. The Morgan fingerprint density at radius 1 is 1.47 bits per heavy atom. The maximum atomic E-state index is 11.0. The van der Waals surface area contributed by atoms with Gasteiger partial charge in [0.2, 0.25) is 5.91 Å². The van der Waals surface area contributed by atoms with Crippen molar-refractivity contribution in [3.8, 4) is 5.75 Å². The second-order valence-electron chi connectivity index (χ2n) is 3.39. The quantitative estimate of drug-likeness (QED) is 0.851. The largest absolute Gasteiger partial charge is 0.496 e. The van der Waals surface area contributed by atoms with E-state index in [1.807, 2.05) is 19.9 Å². The summed E-state index contributed by atoms with van der Waals surface area (Å²) in [6, 6.07) is 1.93. The van der Waals surface area contributed by atoms with Gasteiger partial charge in [-0.25, -0.2) is 0 Å². The molecule has 0 radical (unpaired) electrons. The number of halogens is 1. The van der Waals surface area contributed by atoms with Gasteiger partial charge >= 0.3 is 0 Å². The van der Waals surface area contributed by atoms with Gasteiger partial charge in [0.05, 0.1) is 12.8 Å². The second-order valence-corrected chi connectivity index (χ2v) is 4.47. The molecule has 1 rings (SSSR count). The first-order valence-corrected chi connectivity index (χ1v) is 5.66. The molecule has 1 aromatic carbocycles. The number of aryl methyl sites for hydroxylation is 1. The monoisotopic (exact) mass is 319 g/mol. The topological polar surface area (TPSA) is 38.3 Å². The lowest BCUT2D eigenvalue weighted by Gasteiger charge is -2.14. The molecule has 0 aliphatic heterocycles. The van der Waals surface area contributed by atoms with Crippen molar-refractivity contribution in [3.63, 3.8) is 0 Å². The van der Waals surface area contributed by atoms with Gasteiger partial charge in [-0.15, -0.1) is 0 Å².